The molecule has 0 spiro atoms. The molecule has 176 valence electrons. The van der Waals surface area contributed by atoms with Crippen molar-refractivity contribution in [3.8, 4) is 23.0 Å². The molecule has 0 N–H and O–H groups in total. The Bertz CT molecular complexity index is 965. The summed E-state index contributed by atoms with van der Waals surface area (Å²) in [6.45, 7) is 7.91. The SMILES string of the molecule is COc1cc(/C=C2\CCC/C(=C\c3ccc(OC(C)C)c(OC)c3)C2=O)ccc1OC(C)C. The van der Waals surface area contributed by atoms with Crippen LogP contribution in [0, 0.1) is 0 Å². The summed E-state index contributed by atoms with van der Waals surface area (Å²) >= 11 is 0. The normalized spacial score (nSPS) is 16.5. The zero-order valence-corrected chi connectivity index (χ0v) is 20.4. The Labute approximate surface area is 197 Å². The standard InChI is InChI=1S/C28H34O5/c1-18(2)32-24-12-10-20(16-26(24)30-5)14-22-8-7-9-23(28(22)29)15-21-11-13-25(33-19(3)4)27(17-21)31-6/h10-19H,7-9H2,1-6H3/b22-14+,23-15+. The largest absolute Gasteiger partial charge is 0.493 e. The van der Waals surface area contributed by atoms with E-state index in [4.69, 9.17) is 18.9 Å². The lowest BCUT2D eigenvalue weighted by Crippen LogP contribution is -2.12. The molecule has 1 fully saturated rings. The Morgan fingerprint density at radius 1 is 0.697 bits per heavy atom. The third-order valence-electron chi connectivity index (χ3n) is 5.26. The van der Waals surface area contributed by atoms with E-state index in [-0.39, 0.29) is 18.0 Å². The molecule has 1 saturated carbocycles. The van der Waals surface area contributed by atoms with Crippen molar-refractivity contribution < 1.29 is 23.7 Å². The first-order valence-electron chi connectivity index (χ1n) is 11.5. The minimum absolute atomic E-state index is 0.0559. The molecule has 0 aromatic heterocycles. The Balaban J connectivity index is 1.85. The fourth-order valence-electron chi connectivity index (χ4n) is 3.83. The molecule has 0 bridgehead atoms. The van der Waals surface area contributed by atoms with Crippen molar-refractivity contribution in [2.24, 2.45) is 0 Å². The van der Waals surface area contributed by atoms with E-state index in [0.717, 1.165) is 41.5 Å². The van der Waals surface area contributed by atoms with Crippen LogP contribution < -0.4 is 18.9 Å². The van der Waals surface area contributed by atoms with E-state index in [1.807, 2.05) is 76.2 Å². The molecule has 0 atom stereocenters. The zero-order valence-electron chi connectivity index (χ0n) is 20.4. The number of Topliss-reactive ketones (excluding diaryl/α,β-unsaturated/α-hetero) is 1. The van der Waals surface area contributed by atoms with Crippen LogP contribution in [0.1, 0.15) is 58.1 Å². The van der Waals surface area contributed by atoms with Gasteiger partial charge in [0.05, 0.1) is 26.4 Å². The molecule has 1 aliphatic rings. The summed E-state index contributed by atoms with van der Waals surface area (Å²) < 4.78 is 22.6. The van der Waals surface area contributed by atoms with Gasteiger partial charge in [-0.15, -0.1) is 0 Å². The molecular formula is C28H34O5. The highest BCUT2D eigenvalue weighted by atomic mass is 16.5. The predicted molar refractivity (Wildman–Crippen MR) is 132 cm³/mol. The number of hydrogen-bond donors (Lipinski definition) is 0. The van der Waals surface area contributed by atoms with Gasteiger partial charge in [-0.3, -0.25) is 4.79 Å². The molecule has 5 heteroatoms. The highest BCUT2D eigenvalue weighted by Crippen LogP contribution is 2.34. The summed E-state index contributed by atoms with van der Waals surface area (Å²) in [7, 11) is 3.25. The Kier molecular flexibility index (Phi) is 8.21. The van der Waals surface area contributed by atoms with Crippen LogP contribution in [-0.2, 0) is 4.79 Å². The number of allylic oxidation sites excluding steroid dienone is 2. The van der Waals surface area contributed by atoms with Crippen LogP contribution in [0.5, 0.6) is 23.0 Å². The van der Waals surface area contributed by atoms with Crippen LogP contribution in [0.3, 0.4) is 0 Å². The Hall–Kier alpha value is -3.21. The maximum absolute atomic E-state index is 13.2. The van der Waals surface area contributed by atoms with E-state index in [0.29, 0.717) is 23.0 Å². The first-order chi connectivity index (χ1) is 15.8. The van der Waals surface area contributed by atoms with Crippen molar-refractivity contribution in [3.05, 3.63) is 58.7 Å². The van der Waals surface area contributed by atoms with E-state index in [2.05, 4.69) is 0 Å². The van der Waals surface area contributed by atoms with Gasteiger partial charge in [-0.1, -0.05) is 12.1 Å². The number of ether oxygens (including phenoxy) is 4. The highest BCUT2D eigenvalue weighted by molar-refractivity contribution is 6.14. The average molecular weight is 451 g/mol. The smallest absolute Gasteiger partial charge is 0.185 e. The van der Waals surface area contributed by atoms with Crippen molar-refractivity contribution in [1.29, 1.82) is 0 Å². The maximum atomic E-state index is 13.2. The summed E-state index contributed by atoms with van der Waals surface area (Å²) in [5.74, 6) is 2.80. The second-order valence-electron chi connectivity index (χ2n) is 8.68. The van der Waals surface area contributed by atoms with Crippen LogP contribution in [0.25, 0.3) is 12.2 Å². The lowest BCUT2D eigenvalue weighted by molar-refractivity contribution is -0.112. The van der Waals surface area contributed by atoms with Gasteiger partial charge < -0.3 is 18.9 Å². The van der Waals surface area contributed by atoms with E-state index in [1.54, 1.807) is 14.2 Å². The number of rotatable bonds is 8. The van der Waals surface area contributed by atoms with Crippen molar-refractivity contribution in [3.63, 3.8) is 0 Å². The molecule has 2 aromatic rings. The van der Waals surface area contributed by atoms with E-state index in [9.17, 15) is 4.79 Å². The topological polar surface area (TPSA) is 54.0 Å². The van der Waals surface area contributed by atoms with E-state index >= 15 is 0 Å². The third kappa shape index (κ3) is 6.41. The van der Waals surface area contributed by atoms with Crippen molar-refractivity contribution in [2.45, 2.75) is 59.2 Å². The number of methoxy groups -OCH3 is 2. The Morgan fingerprint density at radius 2 is 1.12 bits per heavy atom. The molecule has 5 nitrogen and oxygen atoms in total. The highest BCUT2D eigenvalue weighted by Gasteiger charge is 2.21. The van der Waals surface area contributed by atoms with Gasteiger partial charge in [0.1, 0.15) is 0 Å². The summed E-state index contributed by atoms with van der Waals surface area (Å²) in [5, 5.41) is 0. The quantitative estimate of drug-likeness (QED) is 0.430. The minimum atomic E-state index is 0.0559. The van der Waals surface area contributed by atoms with E-state index in [1.165, 1.54) is 0 Å². The van der Waals surface area contributed by atoms with E-state index < -0.39 is 0 Å². The van der Waals surface area contributed by atoms with Gasteiger partial charge in [0.2, 0.25) is 0 Å². The monoisotopic (exact) mass is 450 g/mol. The molecular weight excluding hydrogens is 416 g/mol. The summed E-state index contributed by atoms with van der Waals surface area (Å²) in [5.41, 5.74) is 3.45. The first kappa shape index (κ1) is 24.4. The van der Waals surface area contributed by atoms with Gasteiger partial charge in [-0.25, -0.2) is 0 Å². The van der Waals surface area contributed by atoms with Crippen LogP contribution in [-0.4, -0.2) is 32.2 Å². The number of hydrogen-bond acceptors (Lipinski definition) is 5. The fourth-order valence-corrected chi connectivity index (χ4v) is 3.83. The summed E-state index contributed by atoms with van der Waals surface area (Å²) in [4.78, 5) is 13.2. The molecule has 0 heterocycles. The zero-order chi connectivity index (χ0) is 24.0. The van der Waals surface area contributed by atoms with Gasteiger partial charge in [0.25, 0.3) is 0 Å². The van der Waals surface area contributed by atoms with Gasteiger partial charge in [0.15, 0.2) is 28.8 Å². The van der Waals surface area contributed by atoms with Crippen molar-refractivity contribution in [1.82, 2.24) is 0 Å². The van der Waals surface area contributed by atoms with Gasteiger partial charge in [0, 0.05) is 11.1 Å². The molecule has 0 aliphatic heterocycles. The number of carbonyl (C=O) groups is 1. The molecule has 0 unspecified atom stereocenters. The van der Waals surface area contributed by atoms with Gasteiger partial charge >= 0.3 is 0 Å². The lowest BCUT2D eigenvalue weighted by atomic mass is 9.87. The Morgan fingerprint density at radius 3 is 1.48 bits per heavy atom. The molecule has 1 aliphatic carbocycles. The maximum Gasteiger partial charge on any atom is 0.185 e. The van der Waals surface area contributed by atoms with Gasteiger partial charge in [-0.05, 0) is 94.5 Å². The first-order valence-corrected chi connectivity index (χ1v) is 11.5. The third-order valence-corrected chi connectivity index (χ3v) is 5.26. The van der Waals surface area contributed by atoms with Crippen LogP contribution in [0.15, 0.2) is 47.5 Å². The van der Waals surface area contributed by atoms with Crippen LogP contribution >= 0.6 is 0 Å². The summed E-state index contributed by atoms with van der Waals surface area (Å²) in [6.07, 6.45) is 6.47. The molecule has 3 rings (SSSR count). The molecule has 0 saturated heterocycles. The van der Waals surface area contributed by atoms with Crippen LogP contribution in [0.4, 0.5) is 0 Å². The average Bonchev–Trinajstić information content (AvgIpc) is 2.77. The summed E-state index contributed by atoms with van der Waals surface area (Å²) in [6, 6.07) is 11.5. The van der Waals surface area contributed by atoms with Crippen LogP contribution in [0.2, 0.25) is 0 Å². The predicted octanol–water partition coefficient (Wildman–Crippen LogP) is 6.50. The second-order valence-corrected chi connectivity index (χ2v) is 8.68. The molecule has 33 heavy (non-hydrogen) atoms. The molecule has 0 radical (unpaired) electrons. The van der Waals surface area contributed by atoms with Gasteiger partial charge in [-0.2, -0.15) is 0 Å². The minimum Gasteiger partial charge on any atom is -0.493 e. The lowest BCUT2D eigenvalue weighted by Gasteiger charge is -2.18. The number of ketones is 1. The second kappa shape index (κ2) is 11.1. The van der Waals surface area contributed by atoms with Crippen molar-refractivity contribution >= 4 is 17.9 Å². The number of carbonyl (C=O) groups excluding carboxylic acids is 1. The molecule has 2 aromatic carbocycles. The fraction of sp³-hybridized carbons (Fsp3) is 0.393. The number of benzene rings is 2. The molecule has 0 amide bonds. The van der Waals surface area contributed by atoms with Crippen molar-refractivity contribution in [2.75, 3.05) is 14.2 Å².